The van der Waals surface area contributed by atoms with Crippen LogP contribution in [0.25, 0.3) is 10.2 Å². The standard InChI is InChI=1S/C20H22ClN3O2S2.ClH/c1-14-15(21)5-6-16-18(14)22-20(28-16)24(19(25)17-4-2-13-27-17)8-3-7-23-9-11-26-12-10-23;/h2,4-6,13H,3,7-12H2,1H3;1H. The van der Waals surface area contributed by atoms with E-state index in [1.807, 2.05) is 41.5 Å². The molecule has 0 saturated carbocycles. The number of ether oxygens (including phenoxy) is 1. The zero-order valence-corrected chi connectivity index (χ0v) is 19.3. The van der Waals surface area contributed by atoms with Gasteiger partial charge in [0.25, 0.3) is 5.91 Å². The number of anilines is 1. The number of halogens is 2. The highest BCUT2D eigenvalue weighted by atomic mass is 35.5. The average molecular weight is 472 g/mol. The summed E-state index contributed by atoms with van der Waals surface area (Å²) in [6, 6.07) is 7.65. The first-order valence-corrected chi connectivity index (χ1v) is 11.4. The van der Waals surface area contributed by atoms with Crippen molar-refractivity contribution in [3.05, 3.63) is 45.1 Å². The third-order valence-corrected chi connectivity index (χ3v) is 7.22. The number of thiazole rings is 1. The molecule has 0 N–H and O–H groups in total. The second-order valence-electron chi connectivity index (χ2n) is 6.76. The minimum Gasteiger partial charge on any atom is -0.379 e. The lowest BCUT2D eigenvalue weighted by Gasteiger charge is -2.27. The third kappa shape index (κ3) is 5.10. The molecule has 0 unspecified atom stereocenters. The van der Waals surface area contributed by atoms with Gasteiger partial charge in [0.15, 0.2) is 5.13 Å². The van der Waals surface area contributed by atoms with Crippen LogP contribution in [-0.4, -0.2) is 55.2 Å². The van der Waals surface area contributed by atoms with Crippen molar-refractivity contribution in [3.8, 4) is 0 Å². The van der Waals surface area contributed by atoms with Crippen molar-refractivity contribution in [1.29, 1.82) is 0 Å². The summed E-state index contributed by atoms with van der Waals surface area (Å²) in [7, 11) is 0. The minimum absolute atomic E-state index is 0. The fourth-order valence-corrected chi connectivity index (χ4v) is 5.17. The summed E-state index contributed by atoms with van der Waals surface area (Å²) in [5, 5.41) is 3.37. The number of hydrogen-bond donors (Lipinski definition) is 0. The number of hydrogen-bond acceptors (Lipinski definition) is 6. The van der Waals surface area contributed by atoms with E-state index < -0.39 is 0 Å². The van der Waals surface area contributed by atoms with Gasteiger partial charge in [-0.3, -0.25) is 14.6 Å². The number of aryl methyl sites for hydroxylation is 1. The second-order valence-corrected chi connectivity index (χ2v) is 9.12. The molecule has 1 amide bonds. The van der Waals surface area contributed by atoms with E-state index in [-0.39, 0.29) is 18.3 Å². The number of carbonyl (C=O) groups is 1. The summed E-state index contributed by atoms with van der Waals surface area (Å²) in [6.07, 6.45) is 0.896. The normalized spacial score (nSPS) is 14.7. The number of fused-ring (bicyclic) bond motifs is 1. The van der Waals surface area contributed by atoms with Crippen LogP contribution in [0.2, 0.25) is 5.02 Å². The van der Waals surface area contributed by atoms with Crippen LogP contribution >= 0.6 is 46.7 Å². The molecule has 29 heavy (non-hydrogen) atoms. The van der Waals surface area contributed by atoms with E-state index in [4.69, 9.17) is 21.3 Å². The van der Waals surface area contributed by atoms with Gasteiger partial charge >= 0.3 is 0 Å². The van der Waals surface area contributed by atoms with Crippen molar-refractivity contribution in [2.45, 2.75) is 13.3 Å². The smallest absolute Gasteiger partial charge is 0.270 e. The van der Waals surface area contributed by atoms with Crippen LogP contribution in [0.4, 0.5) is 5.13 Å². The summed E-state index contributed by atoms with van der Waals surface area (Å²) < 4.78 is 6.46. The van der Waals surface area contributed by atoms with Crippen LogP contribution in [-0.2, 0) is 4.74 Å². The Hall–Kier alpha value is -1.22. The predicted molar refractivity (Wildman–Crippen MR) is 124 cm³/mol. The van der Waals surface area contributed by atoms with Crippen molar-refractivity contribution >= 4 is 67.9 Å². The molecule has 3 heterocycles. The molecule has 0 radical (unpaired) electrons. The number of carbonyl (C=O) groups excluding carboxylic acids is 1. The Balaban J connectivity index is 0.00000240. The lowest BCUT2D eigenvalue weighted by Crippen LogP contribution is -2.39. The van der Waals surface area contributed by atoms with E-state index in [1.165, 1.54) is 11.3 Å². The lowest BCUT2D eigenvalue weighted by molar-refractivity contribution is 0.0376. The van der Waals surface area contributed by atoms with E-state index >= 15 is 0 Å². The van der Waals surface area contributed by atoms with Crippen molar-refractivity contribution in [2.75, 3.05) is 44.3 Å². The largest absolute Gasteiger partial charge is 0.379 e. The summed E-state index contributed by atoms with van der Waals surface area (Å²) in [5.41, 5.74) is 1.84. The highest BCUT2D eigenvalue weighted by Crippen LogP contribution is 2.34. The monoisotopic (exact) mass is 471 g/mol. The molecule has 0 aliphatic carbocycles. The molecule has 1 aliphatic rings. The number of thiophene rings is 1. The van der Waals surface area contributed by atoms with E-state index in [1.54, 1.807) is 11.3 Å². The van der Waals surface area contributed by atoms with Gasteiger partial charge < -0.3 is 4.74 Å². The first kappa shape index (κ1) is 22.5. The molecule has 3 aromatic rings. The SMILES string of the molecule is Cc1c(Cl)ccc2sc(N(CCCN3CCOCC3)C(=O)c3cccs3)nc12.Cl. The molecule has 9 heteroatoms. The van der Waals surface area contributed by atoms with Gasteiger partial charge in [0, 0.05) is 31.2 Å². The Labute approximate surface area is 189 Å². The van der Waals surface area contributed by atoms with Gasteiger partial charge in [0.1, 0.15) is 0 Å². The Morgan fingerprint density at radius 1 is 1.31 bits per heavy atom. The maximum atomic E-state index is 13.2. The summed E-state index contributed by atoms with van der Waals surface area (Å²) in [5.74, 6) is 0.0137. The van der Waals surface area contributed by atoms with E-state index in [2.05, 4.69) is 4.90 Å². The van der Waals surface area contributed by atoms with E-state index in [0.29, 0.717) is 11.6 Å². The molecule has 1 saturated heterocycles. The molecule has 1 aliphatic heterocycles. The van der Waals surface area contributed by atoms with Gasteiger partial charge in [-0.15, -0.1) is 23.7 Å². The first-order valence-electron chi connectivity index (χ1n) is 9.34. The molecule has 2 aromatic heterocycles. The number of nitrogens with zero attached hydrogens (tertiary/aromatic N) is 3. The summed E-state index contributed by atoms with van der Waals surface area (Å²) >= 11 is 9.27. The van der Waals surface area contributed by atoms with Gasteiger partial charge in [-0.05, 0) is 42.5 Å². The van der Waals surface area contributed by atoms with Gasteiger partial charge in [-0.2, -0.15) is 0 Å². The molecule has 4 rings (SSSR count). The molecular weight excluding hydrogens is 449 g/mol. The van der Waals surface area contributed by atoms with Crippen molar-refractivity contribution in [2.24, 2.45) is 0 Å². The fourth-order valence-electron chi connectivity index (χ4n) is 3.30. The van der Waals surface area contributed by atoms with Crippen LogP contribution in [0.1, 0.15) is 21.7 Å². The molecule has 1 aromatic carbocycles. The van der Waals surface area contributed by atoms with Crippen LogP contribution in [0.5, 0.6) is 0 Å². The maximum absolute atomic E-state index is 13.2. The molecule has 0 bridgehead atoms. The first-order chi connectivity index (χ1) is 13.6. The second kappa shape index (κ2) is 10.2. The Bertz CT molecular complexity index is 956. The fraction of sp³-hybridized carbons (Fsp3) is 0.400. The number of amides is 1. The van der Waals surface area contributed by atoms with Gasteiger partial charge in [-0.1, -0.05) is 29.0 Å². The highest BCUT2D eigenvalue weighted by Gasteiger charge is 2.23. The molecule has 0 atom stereocenters. The van der Waals surface area contributed by atoms with Crippen LogP contribution in [0, 0.1) is 6.92 Å². The average Bonchev–Trinajstić information content (AvgIpc) is 3.39. The van der Waals surface area contributed by atoms with Crippen LogP contribution < -0.4 is 4.90 Å². The summed E-state index contributed by atoms with van der Waals surface area (Å²) in [6.45, 7) is 7.05. The van der Waals surface area contributed by atoms with Crippen LogP contribution in [0.3, 0.4) is 0 Å². The number of morpholine rings is 1. The zero-order chi connectivity index (χ0) is 19.5. The van der Waals surface area contributed by atoms with Crippen molar-refractivity contribution in [1.82, 2.24) is 9.88 Å². The maximum Gasteiger partial charge on any atom is 0.270 e. The molecule has 0 spiro atoms. The van der Waals surface area contributed by atoms with E-state index in [9.17, 15) is 4.79 Å². The molecule has 5 nitrogen and oxygen atoms in total. The summed E-state index contributed by atoms with van der Waals surface area (Å²) in [4.78, 5) is 22.9. The zero-order valence-electron chi connectivity index (χ0n) is 16.1. The third-order valence-electron chi connectivity index (χ3n) is 4.90. The topological polar surface area (TPSA) is 45.7 Å². The minimum atomic E-state index is 0. The van der Waals surface area contributed by atoms with Crippen molar-refractivity contribution < 1.29 is 9.53 Å². The van der Waals surface area contributed by atoms with Gasteiger partial charge in [0.2, 0.25) is 0 Å². The van der Waals surface area contributed by atoms with E-state index in [0.717, 1.165) is 65.1 Å². The Kier molecular flexibility index (Phi) is 7.90. The quantitative estimate of drug-likeness (QED) is 0.500. The molecule has 156 valence electrons. The van der Waals surface area contributed by atoms with Crippen LogP contribution in [0.15, 0.2) is 29.6 Å². The van der Waals surface area contributed by atoms with Crippen molar-refractivity contribution in [3.63, 3.8) is 0 Å². The highest BCUT2D eigenvalue weighted by molar-refractivity contribution is 7.22. The lowest BCUT2D eigenvalue weighted by atomic mass is 10.2. The predicted octanol–water partition coefficient (Wildman–Crippen LogP) is 5.11. The Morgan fingerprint density at radius 3 is 2.83 bits per heavy atom. The number of benzene rings is 1. The number of aromatic nitrogens is 1. The van der Waals surface area contributed by atoms with Gasteiger partial charge in [0.05, 0.1) is 28.3 Å². The molecule has 1 fully saturated rings. The van der Waals surface area contributed by atoms with Gasteiger partial charge in [-0.25, -0.2) is 4.98 Å². The molecular formula is C20H23Cl2N3O2S2. The Morgan fingerprint density at radius 2 is 2.10 bits per heavy atom. The number of rotatable bonds is 6.